The van der Waals surface area contributed by atoms with Crippen LogP contribution in [-0.4, -0.2) is 9.55 Å². The number of rotatable bonds is 4. The van der Waals surface area contributed by atoms with Crippen molar-refractivity contribution in [3.05, 3.63) is 100 Å². The average Bonchev–Trinajstić information content (AvgIpc) is 3.02. The second-order valence-corrected chi connectivity index (χ2v) is 6.90. The maximum atomic E-state index is 14.3. The highest BCUT2D eigenvalue weighted by atomic mass is 35.5. The predicted octanol–water partition coefficient (Wildman–Crippen LogP) is 6.36. The lowest BCUT2D eigenvalue weighted by atomic mass is 10.1. The van der Waals surface area contributed by atoms with Crippen LogP contribution in [0.3, 0.4) is 0 Å². The average molecular weight is 377 g/mol. The molecular formula is C23H18ClFN2. The molecule has 3 aromatic carbocycles. The summed E-state index contributed by atoms with van der Waals surface area (Å²) in [5.74, 6) is 0.449. The molecule has 0 radical (unpaired) electrons. The van der Waals surface area contributed by atoms with E-state index in [-0.39, 0.29) is 5.82 Å². The number of nitrogens with zero attached hydrogens (tertiary/aromatic N) is 2. The highest BCUT2D eigenvalue weighted by Gasteiger charge is 2.13. The van der Waals surface area contributed by atoms with Crippen molar-refractivity contribution < 1.29 is 4.39 Å². The molecule has 0 atom stereocenters. The van der Waals surface area contributed by atoms with Gasteiger partial charge in [-0.15, -0.1) is 0 Å². The van der Waals surface area contributed by atoms with Crippen LogP contribution in [0.15, 0.2) is 66.7 Å². The van der Waals surface area contributed by atoms with E-state index in [9.17, 15) is 4.39 Å². The molecule has 0 aliphatic heterocycles. The summed E-state index contributed by atoms with van der Waals surface area (Å²) in [7, 11) is 0. The van der Waals surface area contributed by atoms with E-state index in [0.29, 0.717) is 17.1 Å². The van der Waals surface area contributed by atoms with Crippen LogP contribution in [0, 0.1) is 12.7 Å². The molecule has 0 unspecified atom stereocenters. The van der Waals surface area contributed by atoms with E-state index in [2.05, 4.69) is 31.2 Å². The minimum Gasteiger partial charge on any atom is -0.320 e. The van der Waals surface area contributed by atoms with Gasteiger partial charge in [0.1, 0.15) is 11.6 Å². The Morgan fingerprint density at radius 3 is 2.52 bits per heavy atom. The van der Waals surface area contributed by atoms with Crippen molar-refractivity contribution in [3.63, 3.8) is 0 Å². The molecule has 0 saturated heterocycles. The first-order valence-corrected chi connectivity index (χ1v) is 9.12. The van der Waals surface area contributed by atoms with Crippen molar-refractivity contribution in [3.8, 4) is 0 Å². The SMILES string of the molecule is Cc1ccc(C=Cc2nc3ccccc3n2Cc2c(F)cccc2Cl)cc1. The molecule has 0 amide bonds. The van der Waals surface area contributed by atoms with E-state index in [1.165, 1.54) is 11.6 Å². The summed E-state index contributed by atoms with van der Waals surface area (Å²) in [6.45, 7) is 2.38. The third-order valence-corrected chi connectivity index (χ3v) is 4.92. The van der Waals surface area contributed by atoms with E-state index < -0.39 is 0 Å². The van der Waals surface area contributed by atoms with Crippen molar-refractivity contribution >= 4 is 34.8 Å². The van der Waals surface area contributed by atoms with Crippen molar-refractivity contribution in [2.24, 2.45) is 0 Å². The number of hydrogen-bond donors (Lipinski definition) is 0. The number of fused-ring (bicyclic) bond motifs is 1. The van der Waals surface area contributed by atoms with Crippen LogP contribution in [0.4, 0.5) is 4.39 Å². The molecule has 2 nitrogen and oxygen atoms in total. The maximum absolute atomic E-state index is 14.3. The molecule has 0 aliphatic rings. The normalized spacial score (nSPS) is 11.5. The van der Waals surface area contributed by atoms with Crippen molar-refractivity contribution in [2.75, 3.05) is 0 Å². The summed E-state index contributed by atoms with van der Waals surface area (Å²) in [5, 5.41) is 0.418. The first-order chi connectivity index (χ1) is 13.1. The largest absolute Gasteiger partial charge is 0.320 e. The van der Waals surface area contributed by atoms with Gasteiger partial charge in [0.25, 0.3) is 0 Å². The van der Waals surface area contributed by atoms with E-state index in [4.69, 9.17) is 16.6 Å². The van der Waals surface area contributed by atoms with Gasteiger partial charge in [-0.25, -0.2) is 9.37 Å². The Kier molecular flexibility index (Phi) is 4.78. The lowest BCUT2D eigenvalue weighted by molar-refractivity contribution is 0.601. The van der Waals surface area contributed by atoms with Crippen LogP contribution in [0.1, 0.15) is 22.5 Å². The lowest BCUT2D eigenvalue weighted by Crippen LogP contribution is -2.05. The van der Waals surface area contributed by atoms with Crippen LogP contribution in [0.2, 0.25) is 5.02 Å². The Balaban J connectivity index is 1.79. The molecule has 0 aliphatic carbocycles. The van der Waals surface area contributed by atoms with Gasteiger partial charge in [-0.2, -0.15) is 0 Å². The van der Waals surface area contributed by atoms with Gasteiger partial charge in [0.15, 0.2) is 0 Å². The molecule has 0 fully saturated rings. The fourth-order valence-electron chi connectivity index (χ4n) is 3.08. The van der Waals surface area contributed by atoms with Crippen LogP contribution in [0.25, 0.3) is 23.2 Å². The van der Waals surface area contributed by atoms with E-state index >= 15 is 0 Å². The Hall–Kier alpha value is -2.91. The summed E-state index contributed by atoms with van der Waals surface area (Å²) in [5.41, 5.74) is 4.58. The molecule has 4 aromatic rings. The third kappa shape index (κ3) is 3.64. The van der Waals surface area contributed by atoms with Crippen LogP contribution >= 0.6 is 11.6 Å². The fraction of sp³-hybridized carbons (Fsp3) is 0.0870. The quantitative estimate of drug-likeness (QED) is 0.405. The first kappa shape index (κ1) is 17.5. The zero-order chi connectivity index (χ0) is 18.8. The third-order valence-electron chi connectivity index (χ3n) is 4.56. The first-order valence-electron chi connectivity index (χ1n) is 8.75. The minimum atomic E-state index is -0.311. The number of imidazole rings is 1. The van der Waals surface area contributed by atoms with Gasteiger partial charge < -0.3 is 4.57 Å². The van der Waals surface area contributed by atoms with Gasteiger partial charge in [0, 0.05) is 10.6 Å². The summed E-state index contributed by atoms with van der Waals surface area (Å²) in [6, 6.07) is 20.9. The Bertz CT molecular complexity index is 1110. The minimum absolute atomic E-state index is 0.311. The molecular weight excluding hydrogens is 359 g/mol. The molecule has 27 heavy (non-hydrogen) atoms. The number of aromatic nitrogens is 2. The monoisotopic (exact) mass is 376 g/mol. The summed E-state index contributed by atoms with van der Waals surface area (Å²) in [4.78, 5) is 4.71. The van der Waals surface area contributed by atoms with Crippen molar-refractivity contribution in [1.82, 2.24) is 9.55 Å². The van der Waals surface area contributed by atoms with E-state index in [0.717, 1.165) is 22.4 Å². The standard InChI is InChI=1S/C23H18ClFN2/c1-16-9-11-17(12-10-16)13-14-23-26-21-7-2-3-8-22(21)27(23)15-18-19(24)5-4-6-20(18)25/h2-14H,15H2,1H3. The zero-order valence-corrected chi connectivity index (χ0v) is 15.6. The topological polar surface area (TPSA) is 17.8 Å². The van der Waals surface area contributed by atoms with Gasteiger partial charge in [-0.3, -0.25) is 0 Å². The molecule has 0 N–H and O–H groups in total. The Morgan fingerprint density at radius 1 is 0.963 bits per heavy atom. The van der Waals surface area contributed by atoms with Crippen LogP contribution in [-0.2, 0) is 6.54 Å². The molecule has 0 bridgehead atoms. The maximum Gasteiger partial charge on any atom is 0.134 e. The molecule has 134 valence electrons. The number of benzene rings is 3. The summed E-state index contributed by atoms with van der Waals surface area (Å²) < 4.78 is 16.3. The van der Waals surface area contributed by atoms with E-state index in [1.54, 1.807) is 12.1 Å². The van der Waals surface area contributed by atoms with E-state index in [1.807, 2.05) is 41.0 Å². The molecule has 0 saturated carbocycles. The molecule has 4 heteroatoms. The van der Waals surface area contributed by atoms with Crippen molar-refractivity contribution in [2.45, 2.75) is 13.5 Å². The zero-order valence-electron chi connectivity index (χ0n) is 14.9. The van der Waals surface area contributed by atoms with Gasteiger partial charge in [-0.1, -0.05) is 65.7 Å². The molecule has 1 aromatic heterocycles. The number of hydrogen-bond acceptors (Lipinski definition) is 1. The fourth-order valence-corrected chi connectivity index (χ4v) is 3.30. The predicted molar refractivity (Wildman–Crippen MR) is 110 cm³/mol. The molecule has 4 rings (SSSR count). The smallest absolute Gasteiger partial charge is 0.134 e. The second-order valence-electron chi connectivity index (χ2n) is 6.49. The number of aryl methyl sites for hydroxylation is 1. The van der Waals surface area contributed by atoms with Gasteiger partial charge in [-0.05, 0) is 42.8 Å². The number of para-hydroxylation sites is 2. The van der Waals surface area contributed by atoms with Gasteiger partial charge in [0.2, 0.25) is 0 Å². The summed E-state index contributed by atoms with van der Waals surface area (Å²) in [6.07, 6.45) is 3.97. The van der Waals surface area contributed by atoms with Crippen molar-refractivity contribution in [1.29, 1.82) is 0 Å². The van der Waals surface area contributed by atoms with Gasteiger partial charge in [0.05, 0.1) is 17.6 Å². The van der Waals surface area contributed by atoms with Gasteiger partial charge >= 0.3 is 0 Å². The van der Waals surface area contributed by atoms with Crippen LogP contribution in [0.5, 0.6) is 0 Å². The highest BCUT2D eigenvalue weighted by Crippen LogP contribution is 2.24. The Morgan fingerprint density at radius 2 is 1.74 bits per heavy atom. The summed E-state index contributed by atoms with van der Waals surface area (Å²) >= 11 is 6.25. The number of halogens is 2. The second kappa shape index (κ2) is 7.37. The Labute approximate surface area is 162 Å². The highest BCUT2D eigenvalue weighted by molar-refractivity contribution is 6.31. The molecule has 1 heterocycles. The lowest BCUT2D eigenvalue weighted by Gasteiger charge is -2.10. The molecule has 0 spiro atoms. The van der Waals surface area contributed by atoms with Crippen LogP contribution < -0.4 is 0 Å².